The highest BCUT2D eigenvalue weighted by molar-refractivity contribution is 5.82. The van der Waals surface area contributed by atoms with Crippen molar-refractivity contribution in [3.05, 3.63) is 47.5 Å². The van der Waals surface area contributed by atoms with E-state index in [4.69, 9.17) is 37.9 Å². The fourth-order valence-electron chi connectivity index (χ4n) is 9.69. The van der Waals surface area contributed by atoms with Crippen molar-refractivity contribution in [3.63, 3.8) is 0 Å². The molecule has 4 fully saturated rings. The number of rotatable bonds is 19. The molecule has 74 heavy (non-hydrogen) atoms. The zero-order chi connectivity index (χ0) is 54.3. The Bertz CT molecular complexity index is 2080. The summed E-state index contributed by atoms with van der Waals surface area (Å²) in [5.74, 6) is -2.91. The lowest BCUT2D eigenvalue weighted by Crippen LogP contribution is -2.68. The Kier molecular flexibility index (Phi) is 20.5. The lowest BCUT2D eigenvalue weighted by atomic mass is 9.92. The third kappa shape index (κ3) is 13.3. The first-order valence-corrected chi connectivity index (χ1v) is 24.2. The largest absolute Gasteiger partial charge is 0.507 e. The molecule has 4 saturated heterocycles. The van der Waals surface area contributed by atoms with E-state index in [1.807, 2.05) is 0 Å². The van der Waals surface area contributed by atoms with Crippen molar-refractivity contribution in [2.24, 2.45) is 0 Å². The number of hydrogen-bond acceptors (Lipinski definition) is 22. The smallest absolute Gasteiger partial charge is 0.252 e. The Morgan fingerprint density at radius 1 is 0.541 bits per heavy atom. The maximum atomic E-state index is 13.6. The molecule has 20 atom stereocenters. The van der Waals surface area contributed by atoms with Crippen molar-refractivity contribution in [1.82, 2.24) is 21.3 Å². The zero-order valence-corrected chi connectivity index (χ0v) is 41.6. The molecule has 2 aromatic rings. The first-order chi connectivity index (χ1) is 35.1. The maximum Gasteiger partial charge on any atom is 0.252 e. The molecule has 26 nitrogen and oxygen atoms in total. The molecule has 4 aliphatic rings. The number of carbonyl (C=O) groups excluding carboxylic acids is 4. The number of phenolic OH excluding ortho intramolecular Hbond substituents is 2. The number of benzene rings is 2. The number of aliphatic hydroxyl groups is 8. The molecule has 0 saturated carbocycles. The van der Waals surface area contributed by atoms with Gasteiger partial charge in [0.15, 0.2) is 24.8 Å². The highest BCUT2D eigenvalue weighted by Gasteiger charge is 2.54. The van der Waals surface area contributed by atoms with Crippen molar-refractivity contribution >= 4 is 23.6 Å². The average molecular weight is 1060 g/mol. The molecule has 0 spiro atoms. The number of phenols is 2. The number of nitrogens with one attached hydrogen (secondary N) is 4. The van der Waals surface area contributed by atoms with Gasteiger partial charge in [-0.2, -0.15) is 0 Å². The van der Waals surface area contributed by atoms with E-state index in [1.54, 1.807) is 38.1 Å². The number of methoxy groups -OCH3 is 2. The number of aliphatic hydroxyl groups excluding tert-OH is 8. The Labute approximate surface area is 425 Å². The third-order valence-electron chi connectivity index (χ3n) is 13.6. The van der Waals surface area contributed by atoms with Gasteiger partial charge in [0.05, 0.1) is 37.5 Å². The summed E-state index contributed by atoms with van der Waals surface area (Å²) in [5, 5.41) is 118. The quantitative estimate of drug-likeness (QED) is 0.0627. The SMILES string of the molecule is COC1C(C(=O)NCCc2ccc(O)c(-c3cc(CCNC(=O)C4OC(OC5C(O)C(CO)OC(C)C5NC(C)=O)C(O)C(O)C4OC)ccc3O)c2)OC(OC2C(O)C(CO)OC(C)C2NC(C)=O)C(O)C1O. The average Bonchev–Trinajstić information content (AvgIpc) is 3.36. The summed E-state index contributed by atoms with van der Waals surface area (Å²) in [6.07, 6.45) is -25.5. The van der Waals surface area contributed by atoms with Gasteiger partial charge in [-0.3, -0.25) is 19.2 Å². The van der Waals surface area contributed by atoms with Crippen molar-refractivity contribution in [2.75, 3.05) is 40.5 Å². The number of hydrogen-bond donors (Lipinski definition) is 14. The van der Waals surface area contributed by atoms with Crippen LogP contribution in [0.1, 0.15) is 38.8 Å². The molecule has 2 aromatic carbocycles. The van der Waals surface area contributed by atoms with Crippen molar-refractivity contribution < 1.29 is 108 Å². The van der Waals surface area contributed by atoms with Gasteiger partial charge in [0.2, 0.25) is 11.8 Å². The van der Waals surface area contributed by atoms with E-state index in [0.29, 0.717) is 11.1 Å². The number of ether oxygens (including phenoxy) is 8. The summed E-state index contributed by atoms with van der Waals surface area (Å²) >= 11 is 0. The fraction of sp³-hybridized carbons (Fsp3) is 0.667. The van der Waals surface area contributed by atoms with Gasteiger partial charge in [0, 0.05) is 52.3 Å². The minimum atomic E-state index is -1.79. The van der Waals surface area contributed by atoms with Gasteiger partial charge in [-0.25, -0.2) is 0 Å². The summed E-state index contributed by atoms with van der Waals surface area (Å²) < 4.78 is 45.6. The van der Waals surface area contributed by atoms with Gasteiger partial charge in [0.1, 0.15) is 84.7 Å². The number of carbonyl (C=O) groups is 4. The van der Waals surface area contributed by atoms with Crippen LogP contribution < -0.4 is 21.3 Å². The van der Waals surface area contributed by atoms with Crippen LogP contribution in [0.2, 0.25) is 0 Å². The maximum absolute atomic E-state index is 13.6. The monoisotopic (exact) mass is 1050 g/mol. The molecule has 4 amide bonds. The topological polar surface area (TPSA) is 393 Å². The van der Waals surface area contributed by atoms with Crippen LogP contribution >= 0.6 is 0 Å². The summed E-state index contributed by atoms with van der Waals surface area (Å²) in [7, 11) is 2.40. The van der Waals surface area contributed by atoms with Gasteiger partial charge in [-0.15, -0.1) is 0 Å². The van der Waals surface area contributed by atoms with Crippen LogP contribution in [-0.2, 0) is 69.9 Å². The van der Waals surface area contributed by atoms with Crippen molar-refractivity contribution in [3.8, 4) is 22.6 Å². The van der Waals surface area contributed by atoms with Gasteiger partial charge in [0.25, 0.3) is 11.8 Å². The lowest BCUT2D eigenvalue weighted by Gasteiger charge is -2.47. The van der Waals surface area contributed by atoms with Crippen LogP contribution in [0.3, 0.4) is 0 Å². The Hall–Kier alpha value is -4.72. The molecule has 14 N–H and O–H groups in total. The molecule has 0 aliphatic carbocycles. The van der Waals surface area contributed by atoms with Gasteiger partial charge >= 0.3 is 0 Å². The Morgan fingerprint density at radius 2 is 0.905 bits per heavy atom. The first-order valence-electron chi connectivity index (χ1n) is 24.2. The minimum absolute atomic E-state index is 0.0236. The highest BCUT2D eigenvalue weighted by Crippen LogP contribution is 2.37. The predicted octanol–water partition coefficient (Wildman–Crippen LogP) is -4.93. The highest BCUT2D eigenvalue weighted by atomic mass is 16.7. The summed E-state index contributed by atoms with van der Waals surface area (Å²) in [6, 6.07) is 7.20. The Morgan fingerprint density at radius 3 is 1.23 bits per heavy atom. The van der Waals surface area contributed by atoms with E-state index in [-0.39, 0.29) is 48.6 Å². The molecule has 20 unspecified atom stereocenters. The second-order valence-electron chi connectivity index (χ2n) is 18.8. The van der Waals surface area contributed by atoms with Crippen LogP contribution in [0.4, 0.5) is 0 Å². The van der Waals surface area contributed by atoms with Crippen LogP contribution in [0.5, 0.6) is 11.5 Å². The molecule has 26 heteroatoms. The zero-order valence-electron chi connectivity index (χ0n) is 41.6. The van der Waals surface area contributed by atoms with E-state index in [9.17, 15) is 70.2 Å². The second kappa shape index (κ2) is 25.9. The Balaban J connectivity index is 1.08. The van der Waals surface area contributed by atoms with Gasteiger partial charge in [-0.1, -0.05) is 12.1 Å². The summed E-state index contributed by atoms with van der Waals surface area (Å²) in [5.41, 5.74) is 1.64. The second-order valence-corrected chi connectivity index (χ2v) is 18.8. The lowest BCUT2D eigenvalue weighted by molar-refractivity contribution is -0.325. The number of amides is 4. The molecule has 414 valence electrons. The van der Waals surface area contributed by atoms with Crippen LogP contribution in [0, 0.1) is 0 Å². The first kappa shape index (κ1) is 58.5. The molecule has 6 rings (SSSR count). The van der Waals surface area contributed by atoms with Gasteiger partial charge in [-0.05, 0) is 62.1 Å². The molecule has 4 heterocycles. The van der Waals surface area contributed by atoms with E-state index < -0.39 is 159 Å². The molecule has 0 radical (unpaired) electrons. The normalized spacial score (nSPS) is 36.4. The molecular weight excluding hydrogens is 985 g/mol. The molecule has 0 aromatic heterocycles. The van der Waals surface area contributed by atoms with Crippen LogP contribution in [0.25, 0.3) is 11.1 Å². The molecule has 4 aliphatic heterocycles. The summed E-state index contributed by atoms with van der Waals surface area (Å²) in [4.78, 5) is 51.4. The minimum Gasteiger partial charge on any atom is -0.507 e. The summed E-state index contributed by atoms with van der Waals surface area (Å²) in [6.45, 7) is 4.36. The van der Waals surface area contributed by atoms with Gasteiger partial charge < -0.3 is 110 Å². The van der Waals surface area contributed by atoms with E-state index in [2.05, 4.69) is 21.3 Å². The van der Waals surface area contributed by atoms with E-state index >= 15 is 0 Å². The van der Waals surface area contributed by atoms with Crippen molar-refractivity contribution in [1.29, 1.82) is 0 Å². The predicted molar refractivity (Wildman–Crippen MR) is 251 cm³/mol. The van der Waals surface area contributed by atoms with Crippen molar-refractivity contribution in [2.45, 2.75) is 163 Å². The standard InChI is InChI=1S/C48H70N4O22/c1-19-31(51-21(3)55)39(33(59)29(17-53)69-19)71-47-37(63)35(61)41(67-5)43(73-47)45(65)49-13-11-23-7-9-27(57)25(15-23)26-16-24(8-10-28(26)58)12-14-50-46(66)44-42(68-6)36(62)38(64)48(74-44)72-40-32(52-22(4)56)20(2)70-30(18-54)34(40)60/h7-10,15-16,19-20,29-44,47-48,53-54,57-64H,11-14,17-18H2,1-6H3,(H,49,65)(H,50,66)(H,51,55)(H,52,56). The fourth-order valence-corrected chi connectivity index (χ4v) is 9.69. The molecule has 0 bridgehead atoms. The third-order valence-corrected chi connectivity index (χ3v) is 13.6. The number of aromatic hydroxyl groups is 2. The van der Waals surface area contributed by atoms with E-state index in [0.717, 1.165) is 0 Å². The van der Waals surface area contributed by atoms with E-state index in [1.165, 1.54) is 40.2 Å². The van der Waals surface area contributed by atoms with Crippen LogP contribution in [0.15, 0.2) is 36.4 Å². The molecular formula is C48H70N4O22. The van der Waals surface area contributed by atoms with Crippen LogP contribution in [-0.4, -0.2) is 238 Å².